The molecule has 1 aromatic rings. The normalized spacial score (nSPS) is 20.6. The van der Waals surface area contributed by atoms with E-state index in [1.54, 1.807) is 0 Å². The minimum absolute atomic E-state index is 0.296. The maximum Gasteiger partial charge on any atom is 0.0703 e. The molecule has 2 N–H and O–H groups in total. The van der Waals surface area contributed by atoms with E-state index in [9.17, 15) is 0 Å². The van der Waals surface area contributed by atoms with Gasteiger partial charge in [0, 0.05) is 25.7 Å². The summed E-state index contributed by atoms with van der Waals surface area (Å²) in [6.45, 7) is 10.1. The molecule has 1 aromatic carbocycles. The Morgan fingerprint density at radius 3 is 2.75 bits per heavy atom. The van der Waals surface area contributed by atoms with Gasteiger partial charge in [-0.1, -0.05) is 30.7 Å². The van der Waals surface area contributed by atoms with Gasteiger partial charge in [0.25, 0.3) is 0 Å². The van der Waals surface area contributed by atoms with E-state index in [-0.39, 0.29) is 0 Å². The number of aryl methyl sites for hydroxylation is 2. The lowest BCUT2D eigenvalue weighted by molar-refractivity contribution is 0.0600. The number of ether oxygens (including phenoxy) is 1. The standard InChI is InChI=1S/C17H28N2O/c1-4-19(12-15-6-5-9-20-15)17(11-18)16-8-7-13(2)10-14(16)3/h7-8,10,15,17H,4-6,9,11-12,18H2,1-3H3. The summed E-state index contributed by atoms with van der Waals surface area (Å²) in [5.41, 5.74) is 10.1. The van der Waals surface area contributed by atoms with Gasteiger partial charge in [-0.15, -0.1) is 0 Å². The molecule has 1 heterocycles. The second kappa shape index (κ2) is 7.21. The fraction of sp³-hybridized carbons (Fsp3) is 0.647. The molecule has 20 heavy (non-hydrogen) atoms. The van der Waals surface area contributed by atoms with Crippen LogP contribution >= 0.6 is 0 Å². The van der Waals surface area contributed by atoms with E-state index in [4.69, 9.17) is 10.5 Å². The molecule has 3 heteroatoms. The second-order valence-electron chi connectivity index (χ2n) is 5.83. The van der Waals surface area contributed by atoms with Gasteiger partial charge in [0.2, 0.25) is 0 Å². The van der Waals surface area contributed by atoms with Gasteiger partial charge in [0.05, 0.1) is 6.10 Å². The third kappa shape index (κ3) is 3.60. The second-order valence-corrected chi connectivity index (χ2v) is 5.83. The lowest BCUT2D eigenvalue weighted by Gasteiger charge is -2.33. The summed E-state index contributed by atoms with van der Waals surface area (Å²) < 4.78 is 5.78. The molecule has 1 aliphatic rings. The number of benzene rings is 1. The van der Waals surface area contributed by atoms with E-state index >= 15 is 0 Å². The van der Waals surface area contributed by atoms with Crippen LogP contribution in [0.1, 0.15) is 42.5 Å². The van der Waals surface area contributed by atoms with Crippen molar-refractivity contribution in [3.8, 4) is 0 Å². The maximum absolute atomic E-state index is 6.08. The van der Waals surface area contributed by atoms with Crippen molar-refractivity contribution in [3.05, 3.63) is 34.9 Å². The molecule has 2 rings (SSSR count). The highest BCUT2D eigenvalue weighted by Crippen LogP contribution is 2.25. The molecule has 3 nitrogen and oxygen atoms in total. The molecule has 2 unspecified atom stereocenters. The highest BCUT2D eigenvalue weighted by molar-refractivity contribution is 5.33. The van der Waals surface area contributed by atoms with Crippen LogP contribution in [0.4, 0.5) is 0 Å². The molecule has 0 aromatic heterocycles. The number of nitrogens with two attached hydrogens (primary N) is 1. The summed E-state index contributed by atoms with van der Waals surface area (Å²) in [4.78, 5) is 2.47. The van der Waals surface area contributed by atoms with Crippen LogP contribution < -0.4 is 5.73 Å². The number of hydrogen-bond acceptors (Lipinski definition) is 3. The Balaban J connectivity index is 2.15. The minimum Gasteiger partial charge on any atom is -0.377 e. The van der Waals surface area contributed by atoms with E-state index in [0.717, 1.165) is 19.7 Å². The fourth-order valence-corrected chi connectivity index (χ4v) is 3.20. The Labute approximate surface area is 123 Å². The zero-order valence-electron chi connectivity index (χ0n) is 13.1. The predicted molar refractivity (Wildman–Crippen MR) is 83.9 cm³/mol. The Bertz CT molecular complexity index is 427. The van der Waals surface area contributed by atoms with Gasteiger partial charge in [-0.05, 0) is 44.4 Å². The Hall–Kier alpha value is -0.900. The Morgan fingerprint density at radius 2 is 2.20 bits per heavy atom. The van der Waals surface area contributed by atoms with Crippen LogP contribution in [-0.2, 0) is 4.74 Å². The SMILES string of the molecule is CCN(CC1CCCO1)C(CN)c1ccc(C)cc1C. The van der Waals surface area contributed by atoms with Gasteiger partial charge in [0.15, 0.2) is 0 Å². The van der Waals surface area contributed by atoms with Crippen molar-refractivity contribution in [2.45, 2.75) is 45.8 Å². The third-order valence-electron chi connectivity index (χ3n) is 4.32. The fourth-order valence-electron chi connectivity index (χ4n) is 3.20. The lowest BCUT2D eigenvalue weighted by Crippen LogP contribution is -2.39. The average molecular weight is 276 g/mol. The minimum atomic E-state index is 0.296. The highest BCUT2D eigenvalue weighted by atomic mass is 16.5. The summed E-state index contributed by atoms with van der Waals surface area (Å²) in [5.74, 6) is 0. The van der Waals surface area contributed by atoms with Crippen molar-refractivity contribution in [3.63, 3.8) is 0 Å². The molecule has 0 aliphatic carbocycles. The van der Waals surface area contributed by atoms with Crippen LogP contribution in [0, 0.1) is 13.8 Å². The molecule has 1 aliphatic heterocycles. The van der Waals surface area contributed by atoms with Gasteiger partial charge in [0.1, 0.15) is 0 Å². The first-order valence-electron chi connectivity index (χ1n) is 7.78. The first kappa shape index (κ1) is 15.5. The monoisotopic (exact) mass is 276 g/mol. The highest BCUT2D eigenvalue weighted by Gasteiger charge is 2.24. The molecule has 0 amide bonds. The summed E-state index contributed by atoms with van der Waals surface area (Å²) >= 11 is 0. The van der Waals surface area contributed by atoms with E-state index in [1.165, 1.54) is 29.5 Å². The number of nitrogens with zero attached hydrogens (tertiary/aromatic N) is 1. The summed E-state index contributed by atoms with van der Waals surface area (Å²) in [6, 6.07) is 6.97. The number of likely N-dealkylation sites (N-methyl/N-ethyl adjacent to an activating group) is 1. The molecule has 112 valence electrons. The Kier molecular flexibility index (Phi) is 5.58. The zero-order chi connectivity index (χ0) is 14.5. The largest absolute Gasteiger partial charge is 0.377 e. The van der Waals surface area contributed by atoms with Crippen molar-refractivity contribution >= 4 is 0 Å². The maximum atomic E-state index is 6.08. The van der Waals surface area contributed by atoms with Crippen molar-refractivity contribution in [2.75, 3.05) is 26.2 Å². The molecule has 0 spiro atoms. The summed E-state index contributed by atoms with van der Waals surface area (Å²) in [5, 5.41) is 0. The van der Waals surface area contributed by atoms with Crippen molar-refractivity contribution in [1.82, 2.24) is 4.90 Å². The van der Waals surface area contributed by atoms with Crippen molar-refractivity contribution in [2.24, 2.45) is 5.73 Å². The summed E-state index contributed by atoms with van der Waals surface area (Å²) in [6.07, 6.45) is 2.76. The zero-order valence-corrected chi connectivity index (χ0v) is 13.1. The van der Waals surface area contributed by atoms with Gasteiger partial charge < -0.3 is 10.5 Å². The van der Waals surface area contributed by atoms with Crippen LogP contribution in [0.15, 0.2) is 18.2 Å². The molecule has 0 radical (unpaired) electrons. The van der Waals surface area contributed by atoms with Gasteiger partial charge in [-0.2, -0.15) is 0 Å². The molecule has 0 saturated carbocycles. The van der Waals surface area contributed by atoms with Crippen LogP contribution in [0.5, 0.6) is 0 Å². The quantitative estimate of drug-likeness (QED) is 0.868. The van der Waals surface area contributed by atoms with E-state index < -0.39 is 0 Å². The first-order valence-corrected chi connectivity index (χ1v) is 7.78. The molecular weight excluding hydrogens is 248 g/mol. The van der Waals surface area contributed by atoms with Crippen LogP contribution in [0.3, 0.4) is 0 Å². The van der Waals surface area contributed by atoms with Crippen molar-refractivity contribution in [1.29, 1.82) is 0 Å². The van der Waals surface area contributed by atoms with Gasteiger partial charge in [-0.25, -0.2) is 0 Å². The van der Waals surface area contributed by atoms with Crippen LogP contribution in [0.2, 0.25) is 0 Å². The average Bonchev–Trinajstić information content (AvgIpc) is 2.93. The van der Waals surface area contributed by atoms with E-state index in [0.29, 0.717) is 18.7 Å². The smallest absolute Gasteiger partial charge is 0.0703 e. The summed E-state index contributed by atoms with van der Waals surface area (Å²) in [7, 11) is 0. The number of rotatable bonds is 6. The number of hydrogen-bond donors (Lipinski definition) is 1. The van der Waals surface area contributed by atoms with E-state index in [1.807, 2.05) is 0 Å². The van der Waals surface area contributed by atoms with Crippen LogP contribution in [-0.4, -0.2) is 37.2 Å². The molecular formula is C17H28N2O. The van der Waals surface area contributed by atoms with Crippen LogP contribution in [0.25, 0.3) is 0 Å². The molecule has 0 bridgehead atoms. The van der Waals surface area contributed by atoms with Gasteiger partial charge in [-0.3, -0.25) is 4.90 Å². The molecule has 2 atom stereocenters. The molecule has 1 saturated heterocycles. The topological polar surface area (TPSA) is 38.5 Å². The van der Waals surface area contributed by atoms with Crippen molar-refractivity contribution < 1.29 is 4.74 Å². The third-order valence-corrected chi connectivity index (χ3v) is 4.32. The van der Waals surface area contributed by atoms with Gasteiger partial charge >= 0.3 is 0 Å². The predicted octanol–water partition coefficient (Wildman–Crippen LogP) is 2.80. The first-order chi connectivity index (χ1) is 9.65. The lowest BCUT2D eigenvalue weighted by atomic mass is 9.97. The van der Waals surface area contributed by atoms with E-state index in [2.05, 4.69) is 43.9 Å². The Morgan fingerprint density at radius 1 is 1.40 bits per heavy atom. The molecule has 1 fully saturated rings.